The molecular formula is C32H32N+. The van der Waals surface area contributed by atoms with Crippen LogP contribution in [0.1, 0.15) is 54.6 Å². The first-order valence-corrected chi connectivity index (χ1v) is 12.4. The van der Waals surface area contributed by atoms with E-state index in [4.69, 9.17) is 0 Å². The highest BCUT2D eigenvalue weighted by Crippen LogP contribution is 2.45. The minimum Gasteiger partial charge on any atom is -0.190 e. The third kappa shape index (κ3) is 3.42. The van der Waals surface area contributed by atoms with E-state index in [0.29, 0.717) is 0 Å². The summed E-state index contributed by atoms with van der Waals surface area (Å²) < 4.78 is 2.71. The van der Waals surface area contributed by atoms with Crippen LogP contribution < -0.4 is 4.57 Å². The molecule has 0 atom stereocenters. The first-order chi connectivity index (χ1) is 16.1. The minimum atomic E-state index is 0.146. The Morgan fingerprint density at radius 1 is 0.727 bits per heavy atom. The maximum atomic E-state index is 2.71. The summed E-state index contributed by atoms with van der Waals surface area (Å²) in [6.07, 6.45) is 5.91. The van der Waals surface area contributed by atoms with E-state index in [1.165, 1.54) is 52.8 Å². The molecule has 0 bridgehead atoms. The van der Waals surface area contributed by atoms with Gasteiger partial charge < -0.3 is 0 Å². The van der Waals surface area contributed by atoms with Gasteiger partial charge in [-0.1, -0.05) is 78.9 Å². The average molecular weight is 431 g/mol. The summed E-state index contributed by atoms with van der Waals surface area (Å²) in [6.45, 7) is 5.85. The zero-order valence-corrected chi connectivity index (χ0v) is 19.8. The Labute approximate surface area is 197 Å². The highest BCUT2D eigenvalue weighted by molar-refractivity contribution is 5.80. The topological polar surface area (TPSA) is 3.88 Å². The van der Waals surface area contributed by atoms with Crippen molar-refractivity contribution in [2.45, 2.75) is 57.9 Å². The maximum absolute atomic E-state index is 2.71. The molecule has 1 aromatic heterocycles. The molecule has 3 aromatic carbocycles. The van der Waals surface area contributed by atoms with E-state index < -0.39 is 0 Å². The summed E-state index contributed by atoms with van der Waals surface area (Å²) in [6, 6.07) is 31.3. The zero-order valence-electron chi connectivity index (χ0n) is 19.8. The van der Waals surface area contributed by atoms with Crippen LogP contribution in [0.2, 0.25) is 0 Å². The number of benzene rings is 3. The van der Waals surface area contributed by atoms with Crippen LogP contribution in [-0.2, 0) is 31.2 Å². The highest BCUT2D eigenvalue weighted by Gasteiger charge is 2.43. The lowest BCUT2D eigenvalue weighted by Gasteiger charge is -2.34. The molecule has 0 radical (unpaired) electrons. The Balaban J connectivity index is 1.74. The van der Waals surface area contributed by atoms with E-state index in [2.05, 4.69) is 103 Å². The van der Waals surface area contributed by atoms with Crippen molar-refractivity contribution >= 4 is 0 Å². The van der Waals surface area contributed by atoms with Crippen molar-refractivity contribution in [3.05, 3.63) is 113 Å². The number of pyridine rings is 1. The van der Waals surface area contributed by atoms with E-state index in [1.807, 2.05) is 0 Å². The molecule has 6 rings (SSSR count). The Hall–Kier alpha value is -3.19. The third-order valence-corrected chi connectivity index (χ3v) is 7.75. The van der Waals surface area contributed by atoms with Crippen molar-refractivity contribution in [1.82, 2.24) is 0 Å². The molecule has 164 valence electrons. The molecule has 1 nitrogen and oxygen atoms in total. The van der Waals surface area contributed by atoms with Gasteiger partial charge in [-0.05, 0) is 63.1 Å². The van der Waals surface area contributed by atoms with Gasteiger partial charge in [0.2, 0.25) is 5.69 Å². The van der Waals surface area contributed by atoms with Gasteiger partial charge in [-0.25, -0.2) is 0 Å². The van der Waals surface area contributed by atoms with Gasteiger partial charge in [0.15, 0.2) is 12.2 Å². The minimum absolute atomic E-state index is 0.146. The van der Waals surface area contributed by atoms with E-state index in [1.54, 1.807) is 16.8 Å². The number of hydrogen-bond donors (Lipinski definition) is 0. The zero-order chi connectivity index (χ0) is 22.4. The summed E-state index contributed by atoms with van der Waals surface area (Å²) in [5.74, 6) is 0. The van der Waals surface area contributed by atoms with Gasteiger partial charge in [-0.2, -0.15) is 4.57 Å². The first kappa shape index (κ1) is 20.4. The molecular weight excluding hydrogens is 398 g/mol. The molecule has 33 heavy (non-hydrogen) atoms. The molecule has 4 aromatic rings. The SMILES string of the molecule is CC1(C)CCCc2c(-c3ccccc3)c3c([n+](Cc4ccccc4)c21)-c1ccccc1CC3. The lowest BCUT2D eigenvalue weighted by Crippen LogP contribution is -2.50. The number of hydrogen-bond acceptors (Lipinski definition) is 0. The lowest BCUT2D eigenvalue weighted by molar-refractivity contribution is -0.689. The fourth-order valence-corrected chi connectivity index (χ4v) is 6.36. The fraction of sp³-hybridized carbons (Fsp3) is 0.281. The van der Waals surface area contributed by atoms with Gasteiger partial charge in [-0.3, -0.25) is 0 Å². The van der Waals surface area contributed by atoms with Gasteiger partial charge in [0.05, 0.1) is 0 Å². The van der Waals surface area contributed by atoms with Crippen molar-refractivity contribution in [1.29, 1.82) is 0 Å². The van der Waals surface area contributed by atoms with Crippen molar-refractivity contribution in [3.63, 3.8) is 0 Å². The molecule has 0 amide bonds. The van der Waals surface area contributed by atoms with E-state index in [9.17, 15) is 0 Å². The van der Waals surface area contributed by atoms with Crippen LogP contribution in [0.4, 0.5) is 0 Å². The van der Waals surface area contributed by atoms with Crippen LogP contribution in [0, 0.1) is 0 Å². The van der Waals surface area contributed by atoms with Crippen molar-refractivity contribution in [2.24, 2.45) is 0 Å². The molecule has 0 unspecified atom stereocenters. The van der Waals surface area contributed by atoms with Crippen molar-refractivity contribution in [3.8, 4) is 22.4 Å². The summed E-state index contributed by atoms with van der Waals surface area (Å²) in [5, 5.41) is 0. The smallest absolute Gasteiger partial charge is 0.190 e. The van der Waals surface area contributed by atoms with E-state index >= 15 is 0 Å². The third-order valence-electron chi connectivity index (χ3n) is 7.75. The molecule has 0 spiro atoms. The average Bonchev–Trinajstić information content (AvgIpc) is 2.84. The van der Waals surface area contributed by atoms with Crippen LogP contribution >= 0.6 is 0 Å². The maximum Gasteiger partial charge on any atom is 0.217 e. The second-order valence-corrected chi connectivity index (χ2v) is 10.4. The second-order valence-electron chi connectivity index (χ2n) is 10.4. The summed E-state index contributed by atoms with van der Waals surface area (Å²) in [7, 11) is 0. The molecule has 1 heterocycles. The van der Waals surface area contributed by atoms with Crippen LogP contribution in [0.15, 0.2) is 84.9 Å². The molecule has 0 N–H and O–H groups in total. The Kier molecular flexibility index (Phi) is 4.94. The molecule has 0 saturated heterocycles. The molecule has 2 aliphatic rings. The van der Waals surface area contributed by atoms with Crippen LogP contribution in [0.5, 0.6) is 0 Å². The largest absolute Gasteiger partial charge is 0.217 e. The monoisotopic (exact) mass is 430 g/mol. The second kappa shape index (κ2) is 7.99. The van der Waals surface area contributed by atoms with Gasteiger partial charge in [-0.15, -0.1) is 0 Å². The lowest BCUT2D eigenvalue weighted by atomic mass is 9.71. The van der Waals surface area contributed by atoms with Crippen molar-refractivity contribution < 1.29 is 4.57 Å². The Morgan fingerprint density at radius 3 is 2.21 bits per heavy atom. The van der Waals surface area contributed by atoms with Crippen LogP contribution in [0.25, 0.3) is 22.4 Å². The number of nitrogens with zero attached hydrogens (tertiary/aromatic N) is 1. The molecule has 0 aliphatic heterocycles. The number of rotatable bonds is 3. The predicted octanol–water partition coefficient (Wildman–Crippen LogP) is 7.07. The van der Waals surface area contributed by atoms with Gasteiger partial charge in [0, 0.05) is 33.2 Å². The van der Waals surface area contributed by atoms with Gasteiger partial charge in [0.1, 0.15) is 0 Å². The predicted molar refractivity (Wildman–Crippen MR) is 136 cm³/mol. The van der Waals surface area contributed by atoms with E-state index in [-0.39, 0.29) is 5.41 Å². The quantitative estimate of drug-likeness (QED) is 0.306. The highest BCUT2D eigenvalue weighted by atomic mass is 15.0. The number of fused-ring (bicyclic) bond motifs is 4. The summed E-state index contributed by atoms with van der Waals surface area (Å²) in [4.78, 5) is 0. The number of aromatic nitrogens is 1. The summed E-state index contributed by atoms with van der Waals surface area (Å²) >= 11 is 0. The normalized spacial score (nSPS) is 15.9. The molecule has 0 saturated carbocycles. The van der Waals surface area contributed by atoms with Gasteiger partial charge in [0.25, 0.3) is 0 Å². The standard InChI is InChI=1S/C32H32N/c1-32(2)21-11-18-28-29(25-15-7-4-8-16-25)27-20-19-24-14-9-10-17-26(24)30(27)33(31(28)32)22-23-12-5-3-6-13-23/h3-10,12-17H,11,18-22H2,1-2H3/q+1. The summed E-state index contributed by atoms with van der Waals surface area (Å²) in [5.41, 5.74) is 13.5. The fourth-order valence-electron chi connectivity index (χ4n) is 6.36. The molecule has 1 heteroatoms. The van der Waals surface area contributed by atoms with Crippen molar-refractivity contribution in [2.75, 3.05) is 0 Å². The van der Waals surface area contributed by atoms with Gasteiger partial charge >= 0.3 is 0 Å². The molecule has 0 fully saturated rings. The first-order valence-electron chi connectivity index (χ1n) is 12.4. The Morgan fingerprint density at radius 2 is 1.42 bits per heavy atom. The van der Waals surface area contributed by atoms with Crippen LogP contribution in [-0.4, -0.2) is 0 Å². The van der Waals surface area contributed by atoms with Crippen LogP contribution in [0.3, 0.4) is 0 Å². The number of aryl methyl sites for hydroxylation is 1. The van der Waals surface area contributed by atoms with E-state index in [0.717, 1.165) is 19.4 Å². The Bertz CT molecular complexity index is 1320. The molecule has 2 aliphatic carbocycles.